The van der Waals surface area contributed by atoms with E-state index in [4.69, 9.17) is 0 Å². The molecule has 0 unspecified atom stereocenters. The second-order valence-corrected chi connectivity index (χ2v) is 9.66. The normalized spacial score (nSPS) is 11.1. The average Bonchev–Trinajstić information content (AvgIpc) is 2.94. The number of aryl methyl sites for hydroxylation is 3. The largest absolute Gasteiger partial charge is 0.146 e. The van der Waals surface area contributed by atoms with Crippen molar-refractivity contribution in [1.29, 1.82) is 0 Å². The summed E-state index contributed by atoms with van der Waals surface area (Å²) in [6.07, 6.45) is 14.0. The van der Waals surface area contributed by atoms with Crippen LogP contribution in [0, 0.1) is 13.8 Å². The maximum atomic E-state index is 2.39. The van der Waals surface area contributed by atoms with Crippen LogP contribution in [-0.4, -0.2) is 5.75 Å². The molecule has 0 nitrogen and oxygen atoms in total. The Hall–Kier alpha value is -0.730. The standard InChI is InChI=1S/C23H34S2/c1-20-19-22(21(2)25-20)15-11-8-6-4-3-5-7-9-14-18-24-23-16-12-10-13-17-23/h10,12-13,16-17,19H,3-9,11,14-15,18H2,1-2H3. The van der Waals surface area contributed by atoms with Crippen LogP contribution >= 0.6 is 23.1 Å². The Bertz CT molecular complexity index is 571. The van der Waals surface area contributed by atoms with Crippen LogP contribution in [-0.2, 0) is 6.42 Å². The van der Waals surface area contributed by atoms with E-state index < -0.39 is 0 Å². The zero-order chi connectivity index (χ0) is 17.7. The summed E-state index contributed by atoms with van der Waals surface area (Å²) < 4.78 is 0. The number of hydrogen-bond donors (Lipinski definition) is 0. The van der Waals surface area contributed by atoms with E-state index in [0.29, 0.717) is 0 Å². The van der Waals surface area contributed by atoms with Crippen molar-refractivity contribution < 1.29 is 0 Å². The number of rotatable bonds is 13. The van der Waals surface area contributed by atoms with Crippen LogP contribution in [0.25, 0.3) is 0 Å². The van der Waals surface area contributed by atoms with Gasteiger partial charge in [0, 0.05) is 14.6 Å². The second-order valence-electron chi connectivity index (χ2n) is 7.03. The van der Waals surface area contributed by atoms with E-state index in [1.165, 1.54) is 84.6 Å². The fourth-order valence-corrected chi connectivity index (χ4v) is 5.20. The lowest BCUT2D eigenvalue weighted by Gasteiger charge is -2.04. The topological polar surface area (TPSA) is 0 Å². The van der Waals surface area contributed by atoms with E-state index in [1.54, 1.807) is 5.56 Å². The zero-order valence-electron chi connectivity index (χ0n) is 16.1. The molecule has 138 valence electrons. The van der Waals surface area contributed by atoms with Gasteiger partial charge < -0.3 is 0 Å². The summed E-state index contributed by atoms with van der Waals surface area (Å²) in [5.41, 5.74) is 1.59. The molecule has 0 fully saturated rings. The molecule has 0 aliphatic heterocycles. The van der Waals surface area contributed by atoms with Gasteiger partial charge in [0.15, 0.2) is 0 Å². The third-order valence-electron chi connectivity index (χ3n) is 4.75. The average molecular weight is 375 g/mol. The minimum absolute atomic E-state index is 1.27. The van der Waals surface area contributed by atoms with Gasteiger partial charge in [-0.25, -0.2) is 0 Å². The first kappa shape index (κ1) is 20.6. The van der Waals surface area contributed by atoms with Crippen LogP contribution in [0.15, 0.2) is 41.3 Å². The summed E-state index contributed by atoms with van der Waals surface area (Å²) in [6.45, 7) is 4.49. The Kier molecular flexibility index (Phi) is 10.4. The fraction of sp³-hybridized carbons (Fsp3) is 0.565. The van der Waals surface area contributed by atoms with Crippen molar-refractivity contribution in [3.05, 3.63) is 51.7 Å². The van der Waals surface area contributed by atoms with Gasteiger partial charge in [0.05, 0.1) is 0 Å². The lowest BCUT2D eigenvalue weighted by Crippen LogP contribution is -1.87. The van der Waals surface area contributed by atoms with Crippen molar-refractivity contribution >= 4 is 23.1 Å². The number of thioether (sulfide) groups is 1. The first-order valence-electron chi connectivity index (χ1n) is 9.99. The highest BCUT2D eigenvalue weighted by Gasteiger charge is 2.02. The molecule has 0 radical (unpaired) electrons. The highest BCUT2D eigenvalue weighted by molar-refractivity contribution is 7.99. The Balaban J connectivity index is 1.35. The highest BCUT2D eigenvalue weighted by Crippen LogP contribution is 2.23. The van der Waals surface area contributed by atoms with Gasteiger partial charge in [0.1, 0.15) is 0 Å². The van der Waals surface area contributed by atoms with Crippen LogP contribution in [0.3, 0.4) is 0 Å². The van der Waals surface area contributed by atoms with Crippen LogP contribution in [0.4, 0.5) is 0 Å². The molecule has 0 aliphatic carbocycles. The maximum Gasteiger partial charge on any atom is 0.00719 e. The van der Waals surface area contributed by atoms with Crippen molar-refractivity contribution in [3.63, 3.8) is 0 Å². The van der Waals surface area contributed by atoms with Gasteiger partial charge in [-0.2, -0.15) is 0 Å². The molecule has 1 heterocycles. The SMILES string of the molecule is Cc1cc(CCCCCCCCCCCSc2ccccc2)c(C)s1. The third kappa shape index (κ3) is 8.96. The minimum Gasteiger partial charge on any atom is -0.146 e. The lowest BCUT2D eigenvalue weighted by atomic mass is 10.0. The zero-order valence-corrected chi connectivity index (χ0v) is 17.7. The fourth-order valence-electron chi connectivity index (χ4n) is 3.29. The van der Waals surface area contributed by atoms with E-state index in [1.807, 2.05) is 23.1 Å². The van der Waals surface area contributed by atoms with Gasteiger partial charge in [-0.05, 0) is 62.6 Å². The monoisotopic (exact) mass is 374 g/mol. The van der Waals surface area contributed by atoms with Crippen molar-refractivity contribution in [1.82, 2.24) is 0 Å². The Morgan fingerprint density at radius 3 is 1.96 bits per heavy atom. The second kappa shape index (κ2) is 12.6. The number of hydrogen-bond acceptors (Lipinski definition) is 2. The van der Waals surface area contributed by atoms with E-state index in [-0.39, 0.29) is 0 Å². The summed E-state index contributed by atoms with van der Waals surface area (Å²) in [5.74, 6) is 1.27. The van der Waals surface area contributed by atoms with E-state index in [9.17, 15) is 0 Å². The Labute approximate surface area is 163 Å². The van der Waals surface area contributed by atoms with E-state index >= 15 is 0 Å². The Morgan fingerprint density at radius 1 is 0.760 bits per heavy atom. The van der Waals surface area contributed by atoms with Gasteiger partial charge in [0.25, 0.3) is 0 Å². The first-order valence-corrected chi connectivity index (χ1v) is 11.8. The maximum absolute atomic E-state index is 2.39. The molecule has 0 atom stereocenters. The first-order chi connectivity index (χ1) is 12.3. The number of unbranched alkanes of at least 4 members (excludes halogenated alkanes) is 8. The quantitative estimate of drug-likeness (QED) is 0.251. The van der Waals surface area contributed by atoms with Gasteiger partial charge in [0.2, 0.25) is 0 Å². The minimum atomic E-state index is 1.27. The van der Waals surface area contributed by atoms with Crippen LogP contribution in [0.5, 0.6) is 0 Å². The molecule has 0 saturated heterocycles. The molecular weight excluding hydrogens is 340 g/mol. The summed E-state index contributed by atoms with van der Waals surface area (Å²) in [6, 6.07) is 13.2. The molecule has 0 bridgehead atoms. The molecule has 2 rings (SSSR count). The molecule has 0 saturated carbocycles. The predicted molar refractivity (Wildman–Crippen MR) is 116 cm³/mol. The molecule has 0 amide bonds. The molecule has 0 spiro atoms. The summed E-state index contributed by atoms with van der Waals surface area (Å²) in [5, 5.41) is 0. The van der Waals surface area contributed by atoms with Crippen LogP contribution in [0.1, 0.15) is 73.1 Å². The third-order valence-corrected chi connectivity index (χ3v) is 6.85. The van der Waals surface area contributed by atoms with Gasteiger partial charge in [-0.3, -0.25) is 0 Å². The lowest BCUT2D eigenvalue weighted by molar-refractivity contribution is 0.565. The summed E-state index contributed by atoms with van der Waals surface area (Å²) in [7, 11) is 0. The highest BCUT2D eigenvalue weighted by atomic mass is 32.2. The molecule has 1 aromatic heterocycles. The molecular formula is C23H34S2. The molecule has 0 aliphatic rings. The van der Waals surface area contributed by atoms with Crippen molar-refractivity contribution in [2.24, 2.45) is 0 Å². The van der Waals surface area contributed by atoms with E-state index in [2.05, 4.69) is 50.2 Å². The molecule has 25 heavy (non-hydrogen) atoms. The van der Waals surface area contributed by atoms with Crippen molar-refractivity contribution in [2.45, 2.75) is 83.0 Å². The molecule has 0 N–H and O–H groups in total. The van der Waals surface area contributed by atoms with Gasteiger partial charge in [-0.15, -0.1) is 23.1 Å². The summed E-state index contributed by atoms with van der Waals surface area (Å²) in [4.78, 5) is 4.41. The van der Waals surface area contributed by atoms with Crippen molar-refractivity contribution in [3.8, 4) is 0 Å². The number of benzene rings is 1. The van der Waals surface area contributed by atoms with Crippen molar-refractivity contribution in [2.75, 3.05) is 5.75 Å². The number of thiophene rings is 1. The van der Waals surface area contributed by atoms with Crippen LogP contribution < -0.4 is 0 Å². The van der Waals surface area contributed by atoms with Gasteiger partial charge in [-0.1, -0.05) is 63.1 Å². The predicted octanol–water partition coefficient (Wildman–Crippen LogP) is 8.21. The Morgan fingerprint density at radius 2 is 1.36 bits per heavy atom. The van der Waals surface area contributed by atoms with E-state index in [0.717, 1.165) is 0 Å². The molecule has 1 aromatic carbocycles. The van der Waals surface area contributed by atoms with Crippen LogP contribution in [0.2, 0.25) is 0 Å². The molecule has 2 aromatic rings. The smallest absolute Gasteiger partial charge is 0.00719 e. The van der Waals surface area contributed by atoms with Gasteiger partial charge >= 0.3 is 0 Å². The summed E-state index contributed by atoms with van der Waals surface area (Å²) >= 11 is 3.95. The molecule has 2 heteroatoms.